The number of rotatable bonds is 4. The second-order valence-electron chi connectivity index (χ2n) is 7.22. The zero-order valence-corrected chi connectivity index (χ0v) is 15.2. The van der Waals surface area contributed by atoms with Crippen molar-refractivity contribution in [2.75, 3.05) is 31.1 Å². The molecule has 27 heavy (non-hydrogen) atoms. The maximum absolute atomic E-state index is 14.9. The zero-order valence-electron chi connectivity index (χ0n) is 15.2. The molecule has 0 atom stereocenters. The van der Waals surface area contributed by atoms with Crippen molar-refractivity contribution in [2.45, 2.75) is 32.4 Å². The highest BCUT2D eigenvalue weighted by Gasteiger charge is 2.27. The van der Waals surface area contributed by atoms with Crippen LogP contribution in [0, 0.1) is 10.7 Å². The van der Waals surface area contributed by atoms with Gasteiger partial charge in [-0.15, -0.1) is 0 Å². The van der Waals surface area contributed by atoms with Crippen LogP contribution in [0.25, 0.3) is 10.9 Å². The maximum atomic E-state index is 14.9. The summed E-state index contributed by atoms with van der Waals surface area (Å²) in [5, 5.41) is 3.12. The normalized spacial score (nSPS) is 17.4. The molecular weight excluding hydrogens is 351 g/mol. The molecular formula is C19H21FN4O3. The molecule has 0 unspecified atom stereocenters. The van der Waals surface area contributed by atoms with Gasteiger partial charge < -0.3 is 14.4 Å². The molecule has 0 bridgehead atoms. The number of piperazine rings is 1. The highest BCUT2D eigenvalue weighted by molar-refractivity contribution is 5.84. The lowest BCUT2D eigenvalue weighted by Crippen LogP contribution is -2.48. The quantitative estimate of drug-likeness (QED) is 0.773. The van der Waals surface area contributed by atoms with Gasteiger partial charge in [-0.2, -0.15) is 4.91 Å². The average Bonchev–Trinajstić information content (AvgIpc) is 3.49. The van der Waals surface area contributed by atoms with Crippen molar-refractivity contribution >= 4 is 22.5 Å². The monoisotopic (exact) mass is 372 g/mol. The molecule has 1 amide bonds. The van der Waals surface area contributed by atoms with Gasteiger partial charge in [0.25, 0.3) is 0 Å². The van der Waals surface area contributed by atoms with E-state index >= 15 is 0 Å². The Kier molecular flexibility index (Phi) is 4.41. The standard InChI is InChI=1S/C19H21FN4O3/c1-12(25)22-4-6-23(7-5-22)18-9-17-15(8-16(18)20)19(26)13(10-21-27)11-24(17)14-2-3-14/h8-9,11,14H,2-7,10H2,1H3. The number of fused-ring (bicyclic) bond motifs is 1. The minimum absolute atomic E-state index is 0.0209. The van der Waals surface area contributed by atoms with Crippen LogP contribution in [0.15, 0.2) is 28.3 Å². The Bertz CT molecular complexity index is 975. The van der Waals surface area contributed by atoms with Crippen LogP contribution in [0.2, 0.25) is 0 Å². The maximum Gasteiger partial charge on any atom is 0.219 e. The lowest BCUT2D eigenvalue weighted by atomic mass is 10.1. The topological polar surface area (TPSA) is 75.0 Å². The molecule has 2 fully saturated rings. The van der Waals surface area contributed by atoms with Crippen LogP contribution >= 0.6 is 0 Å². The Morgan fingerprint density at radius 2 is 1.93 bits per heavy atom. The number of nitroso groups, excluding NO2 is 1. The number of aromatic nitrogens is 1. The minimum Gasteiger partial charge on any atom is -0.366 e. The van der Waals surface area contributed by atoms with E-state index in [1.54, 1.807) is 17.2 Å². The van der Waals surface area contributed by atoms with Crippen LogP contribution in [0.4, 0.5) is 10.1 Å². The van der Waals surface area contributed by atoms with E-state index in [2.05, 4.69) is 5.18 Å². The smallest absolute Gasteiger partial charge is 0.219 e. The van der Waals surface area contributed by atoms with Crippen LogP contribution in [0.3, 0.4) is 0 Å². The summed E-state index contributed by atoms with van der Waals surface area (Å²) in [5.74, 6) is -0.443. The number of benzene rings is 1. The molecule has 2 aromatic rings. The summed E-state index contributed by atoms with van der Waals surface area (Å²) in [4.78, 5) is 38.4. The van der Waals surface area contributed by atoms with Crippen molar-refractivity contribution < 1.29 is 9.18 Å². The third-order valence-electron chi connectivity index (χ3n) is 5.42. The van der Waals surface area contributed by atoms with Gasteiger partial charge in [-0.25, -0.2) is 4.39 Å². The largest absolute Gasteiger partial charge is 0.366 e. The molecule has 4 rings (SSSR count). The molecule has 7 nitrogen and oxygen atoms in total. The summed E-state index contributed by atoms with van der Waals surface area (Å²) in [7, 11) is 0. The van der Waals surface area contributed by atoms with Crippen LogP contribution in [0.5, 0.6) is 0 Å². The highest BCUT2D eigenvalue weighted by atomic mass is 19.1. The number of halogens is 1. The Morgan fingerprint density at radius 1 is 1.22 bits per heavy atom. The van der Waals surface area contributed by atoms with E-state index in [0.717, 1.165) is 12.8 Å². The van der Waals surface area contributed by atoms with E-state index < -0.39 is 5.82 Å². The van der Waals surface area contributed by atoms with Gasteiger partial charge in [-0.1, -0.05) is 5.18 Å². The van der Waals surface area contributed by atoms with Crippen molar-refractivity contribution in [2.24, 2.45) is 5.18 Å². The third-order valence-corrected chi connectivity index (χ3v) is 5.42. The SMILES string of the molecule is CC(=O)N1CCN(c2cc3c(cc2F)c(=O)c(CN=O)cn3C2CC2)CC1. The molecule has 2 aliphatic rings. The van der Waals surface area contributed by atoms with Gasteiger partial charge in [0.15, 0.2) is 5.43 Å². The van der Waals surface area contributed by atoms with E-state index in [-0.39, 0.29) is 29.3 Å². The zero-order chi connectivity index (χ0) is 19.1. The van der Waals surface area contributed by atoms with Crippen LogP contribution in [-0.4, -0.2) is 41.6 Å². The summed E-state index contributed by atoms with van der Waals surface area (Å²) in [6.07, 6.45) is 3.69. The van der Waals surface area contributed by atoms with Crippen LogP contribution < -0.4 is 10.3 Å². The lowest BCUT2D eigenvalue weighted by molar-refractivity contribution is -0.129. The van der Waals surface area contributed by atoms with Gasteiger partial charge in [-0.3, -0.25) is 9.59 Å². The van der Waals surface area contributed by atoms with Crippen molar-refractivity contribution in [1.82, 2.24) is 9.47 Å². The molecule has 1 saturated carbocycles. The Labute approximate surface area is 155 Å². The number of hydrogen-bond acceptors (Lipinski definition) is 5. The van der Waals surface area contributed by atoms with Gasteiger partial charge in [0, 0.05) is 56.3 Å². The van der Waals surface area contributed by atoms with Crippen molar-refractivity contribution in [3.63, 3.8) is 0 Å². The molecule has 1 aromatic carbocycles. The van der Waals surface area contributed by atoms with E-state index in [0.29, 0.717) is 42.9 Å². The van der Waals surface area contributed by atoms with Crippen molar-refractivity contribution in [3.8, 4) is 0 Å². The van der Waals surface area contributed by atoms with E-state index in [1.165, 1.54) is 13.0 Å². The first kappa shape index (κ1) is 17.6. The number of hydrogen-bond donors (Lipinski definition) is 0. The molecule has 1 aliphatic heterocycles. The van der Waals surface area contributed by atoms with Gasteiger partial charge in [-0.05, 0) is 25.0 Å². The van der Waals surface area contributed by atoms with Crippen molar-refractivity contribution in [3.05, 3.63) is 44.8 Å². The molecule has 0 spiro atoms. The fourth-order valence-electron chi connectivity index (χ4n) is 3.76. The predicted molar refractivity (Wildman–Crippen MR) is 100 cm³/mol. The number of pyridine rings is 1. The second-order valence-corrected chi connectivity index (χ2v) is 7.22. The lowest BCUT2D eigenvalue weighted by Gasteiger charge is -2.36. The fourth-order valence-corrected chi connectivity index (χ4v) is 3.76. The Balaban J connectivity index is 1.78. The summed E-state index contributed by atoms with van der Waals surface area (Å²) in [5.41, 5.74) is 1.09. The van der Waals surface area contributed by atoms with Crippen LogP contribution in [0.1, 0.15) is 31.4 Å². The number of carbonyl (C=O) groups is 1. The average molecular weight is 372 g/mol. The fraction of sp³-hybridized carbons (Fsp3) is 0.474. The Morgan fingerprint density at radius 3 is 2.52 bits per heavy atom. The first-order valence-electron chi connectivity index (χ1n) is 9.16. The molecule has 0 N–H and O–H groups in total. The molecule has 8 heteroatoms. The molecule has 1 saturated heterocycles. The second kappa shape index (κ2) is 6.75. The third kappa shape index (κ3) is 3.20. The van der Waals surface area contributed by atoms with E-state index in [9.17, 15) is 18.9 Å². The molecule has 1 aromatic heterocycles. The molecule has 2 heterocycles. The molecule has 0 radical (unpaired) electrons. The number of amides is 1. The summed E-state index contributed by atoms with van der Waals surface area (Å²) < 4.78 is 16.8. The van der Waals surface area contributed by atoms with E-state index in [4.69, 9.17) is 0 Å². The number of anilines is 1. The van der Waals surface area contributed by atoms with E-state index in [1.807, 2.05) is 9.47 Å². The minimum atomic E-state index is -0.463. The predicted octanol–water partition coefficient (Wildman–Crippen LogP) is 2.41. The Hall–Kier alpha value is -2.77. The van der Waals surface area contributed by atoms with Gasteiger partial charge in [0.2, 0.25) is 5.91 Å². The molecule has 142 valence electrons. The van der Waals surface area contributed by atoms with Crippen LogP contribution in [-0.2, 0) is 11.3 Å². The first-order valence-corrected chi connectivity index (χ1v) is 9.16. The number of nitrogens with zero attached hydrogens (tertiary/aromatic N) is 4. The van der Waals surface area contributed by atoms with Gasteiger partial charge in [0.05, 0.1) is 11.2 Å². The summed E-state index contributed by atoms with van der Waals surface area (Å²) >= 11 is 0. The van der Waals surface area contributed by atoms with Gasteiger partial charge in [0.1, 0.15) is 12.4 Å². The first-order chi connectivity index (χ1) is 13.0. The highest BCUT2D eigenvalue weighted by Crippen LogP contribution is 2.38. The number of carbonyl (C=O) groups excluding carboxylic acids is 1. The van der Waals surface area contributed by atoms with Crippen molar-refractivity contribution in [1.29, 1.82) is 0 Å². The van der Waals surface area contributed by atoms with Gasteiger partial charge >= 0.3 is 0 Å². The molecule has 1 aliphatic carbocycles. The summed E-state index contributed by atoms with van der Waals surface area (Å²) in [6.45, 7) is 3.51. The summed E-state index contributed by atoms with van der Waals surface area (Å²) in [6, 6.07) is 3.27.